The van der Waals surface area contributed by atoms with E-state index in [-0.39, 0.29) is 48.4 Å². The zero-order valence-electron chi connectivity index (χ0n) is 17.6. The number of amides is 4. The van der Waals surface area contributed by atoms with Gasteiger partial charge in [-0.15, -0.1) is 0 Å². The highest BCUT2D eigenvalue weighted by atomic mass is 16.2. The van der Waals surface area contributed by atoms with Gasteiger partial charge in [0.2, 0.25) is 23.6 Å². The van der Waals surface area contributed by atoms with Crippen molar-refractivity contribution in [1.29, 1.82) is 0 Å². The SMILES string of the molecule is CC(=O)NC(CC(C)C)C(=O)N1CC(=O)C2C1CCN2C(=O)CCC(C)C(N)=O. The second-order valence-electron chi connectivity index (χ2n) is 8.55. The Balaban J connectivity index is 2.08. The summed E-state index contributed by atoms with van der Waals surface area (Å²) in [5.41, 5.74) is 5.24. The van der Waals surface area contributed by atoms with Crippen LogP contribution in [0.4, 0.5) is 0 Å². The van der Waals surface area contributed by atoms with Crippen LogP contribution in [0.5, 0.6) is 0 Å². The number of carbonyl (C=O) groups is 5. The Bertz CT molecular complexity index is 692. The molecule has 9 heteroatoms. The topological polar surface area (TPSA) is 130 Å². The van der Waals surface area contributed by atoms with Gasteiger partial charge in [-0.1, -0.05) is 20.8 Å². The number of Topliss-reactive ketones (excluding diaryl/α,β-unsaturated/α-hetero) is 1. The molecule has 162 valence electrons. The normalized spacial score (nSPS) is 23.1. The average Bonchev–Trinajstić information content (AvgIpc) is 3.18. The predicted octanol–water partition coefficient (Wildman–Crippen LogP) is -0.180. The van der Waals surface area contributed by atoms with Crippen molar-refractivity contribution in [3.05, 3.63) is 0 Å². The minimum atomic E-state index is -0.680. The summed E-state index contributed by atoms with van der Waals surface area (Å²) >= 11 is 0. The number of carbonyl (C=O) groups excluding carboxylic acids is 5. The minimum Gasteiger partial charge on any atom is -0.369 e. The summed E-state index contributed by atoms with van der Waals surface area (Å²) in [7, 11) is 0. The van der Waals surface area contributed by atoms with Crippen molar-refractivity contribution < 1.29 is 24.0 Å². The first kappa shape index (κ1) is 22.8. The smallest absolute Gasteiger partial charge is 0.245 e. The van der Waals surface area contributed by atoms with Gasteiger partial charge < -0.3 is 20.9 Å². The number of primary amides is 1. The van der Waals surface area contributed by atoms with E-state index in [4.69, 9.17) is 5.73 Å². The number of hydrogen-bond acceptors (Lipinski definition) is 5. The summed E-state index contributed by atoms with van der Waals surface area (Å²) in [5, 5.41) is 2.69. The second-order valence-corrected chi connectivity index (χ2v) is 8.55. The van der Waals surface area contributed by atoms with Crippen molar-refractivity contribution in [1.82, 2.24) is 15.1 Å². The zero-order valence-corrected chi connectivity index (χ0v) is 17.6. The number of nitrogens with two attached hydrogens (primary N) is 1. The molecule has 0 saturated carbocycles. The van der Waals surface area contributed by atoms with Gasteiger partial charge in [-0.2, -0.15) is 0 Å². The van der Waals surface area contributed by atoms with Crippen molar-refractivity contribution in [2.24, 2.45) is 17.6 Å². The summed E-state index contributed by atoms with van der Waals surface area (Å²) in [5.74, 6) is -1.61. The first-order chi connectivity index (χ1) is 13.5. The van der Waals surface area contributed by atoms with E-state index in [0.29, 0.717) is 25.8 Å². The molecule has 0 bridgehead atoms. The molecule has 4 atom stereocenters. The third-order valence-electron chi connectivity index (χ3n) is 5.69. The number of likely N-dealkylation sites (tertiary alicyclic amines) is 2. The largest absolute Gasteiger partial charge is 0.369 e. The first-order valence-electron chi connectivity index (χ1n) is 10.2. The van der Waals surface area contributed by atoms with Crippen LogP contribution in [0.3, 0.4) is 0 Å². The maximum absolute atomic E-state index is 13.1. The van der Waals surface area contributed by atoms with E-state index in [1.165, 1.54) is 16.7 Å². The Kier molecular flexibility index (Phi) is 7.37. The maximum Gasteiger partial charge on any atom is 0.245 e. The number of nitrogens with one attached hydrogen (secondary N) is 1. The highest BCUT2D eigenvalue weighted by molar-refractivity contribution is 5.99. The van der Waals surface area contributed by atoms with Crippen LogP contribution >= 0.6 is 0 Å². The third-order valence-corrected chi connectivity index (χ3v) is 5.69. The molecule has 3 N–H and O–H groups in total. The van der Waals surface area contributed by atoms with Crippen molar-refractivity contribution in [2.45, 2.75) is 71.5 Å². The third kappa shape index (κ3) is 5.33. The van der Waals surface area contributed by atoms with Crippen LogP contribution in [0, 0.1) is 11.8 Å². The molecule has 0 aromatic rings. The summed E-state index contributed by atoms with van der Waals surface area (Å²) in [4.78, 5) is 64.1. The minimum absolute atomic E-state index is 0.0518. The molecule has 0 spiro atoms. The van der Waals surface area contributed by atoms with E-state index in [2.05, 4.69) is 5.32 Å². The van der Waals surface area contributed by atoms with Crippen LogP contribution in [0.25, 0.3) is 0 Å². The quantitative estimate of drug-likeness (QED) is 0.575. The standard InChI is InChI=1S/C20H32N4O5/c1-11(2)9-14(22-13(4)25)20(29)24-10-16(26)18-15(24)7-8-23(18)17(27)6-5-12(3)19(21)28/h11-12,14-15,18H,5-10H2,1-4H3,(H2,21,28)(H,22,25). The lowest BCUT2D eigenvalue weighted by Gasteiger charge is -2.29. The van der Waals surface area contributed by atoms with E-state index < -0.39 is 23.9 Å². The van der Waals surface area contributed by atoms with Crippen molar-refractivity contribution in [3.63, 3.8) is 0 Å². The van der Waals surface area contributed by atoms with E-state index in [1.807, 2.05) is 13.8 Å². The summed E-state index contributed by atoms with van der Waals surface area (Å²) in [6.45, 7) is 7.29. The molecule has 0 radical (unpaired) electrons. The maximum atomic E-state index is 13.1. The van der Waals surface area contributed by atoms with Gasteiger partial charge in [0.25, 0.3) is 0 Å². The van der Waals surface area contributed by atoms with Crippen LogP contribution in [0.15, 0.2) is 0 Å². The molecule has 2 saturated heterocycles. The fourth-order valence-electron chi connectivity index (χ4n) is 4.15. The fourth-order valence-corrected chi connectivity index (χ4v) is 4.15. The van der Waals surface area contributed by atoms with E-state index >= 15 is 0 Å². The highest BCUT2D eigenvalue weighted by Crippen LogP contribution is 2.31. The molecule has 2 rings (SSSR count). The molecule has 4 amide bonds. The van der Waals surface area contributed by atoms with Crippen molar-refractivity contribution >= 4 is 29.4 Å². The molecular weight excluding hydrogens is 376 g/mol. The zero-order chi connectivity index (χ0) is 21.9. The van der Waals surface area contributed by atoms with Gasteiger partial charge in [0, 0.05) is 25.8 Å². The van der Waals surface area contributed by atoms with Gasteiger partial charge in [0.15, 0.2) is 5.78 Å². The van der Waals surface area contributed by atoms with Gasteiger partial charge >= 0.3 is 0 Å². The molecule has 2 aliphatic heterocycles. The fraction of sp³-hybridized carbons (Fsp3) is 0.750. The lowest BCUT2D eigenvalue weighted by atomic mass is 10.0. The Morgan fingerprint density at radius 1 is 1.17 bits per heavy atom. The monoisotopic (exact) mass is 408 g/mol. The molecular formula is C20H32N4O5. The Morgan fingerprint density at radius 2 is 1.83 bits per heavy atom. The highest BCUT2D eigenvalue weighted by Gasteiger charge is 2.52. The van der Waals surface area contributed by atoms with Gasteiger partial charge in [0.05, 0.1) is 12.6 Å². The number of ketones is 1. The summed E-state index contributed by atoms with van der Waals surface area (Å²) in [6.07, 6.45) is 1.47. The predicted molar refractivity (Wildman–Crippen MR) is 105 cm³/mol. The Morgan fingerprint density at radius 3 is 2.38 bits per heavy atom. The number of fused-ring (bicyclic) bond motifs is 1. The van der Waals surface area contributed by atoms with Crippen LogP contribution in [0.1, 0.15) is 53.4 Å². The second kappa shape index (κ2) is 9.37. The van der Waals surface area contributed by atoms with Gasteiger partial charge in [0.1, 0.15) is 12.1 Å². The molecule has 2 aliphatic rings. The summed E-state index contributed by atoms with van der Waals surface area (Å²) in [6, 6.07) is -1.69. The molecule has 0 aliphatic carbocycles. The molecule has 0 aromatic carbocycles. The molecule has 29 heavy (non-hydrogen) atoms. The Labute approximate surface area is 171 Å². The van der Waals surface area contributed by atoms with Gasteiger partial charge in [-0.25, -0.2) is 0 Å². The van der Waals surface area contributed by atoms with Gasteiger partial charge in [-0.05, 0) is 25.2 Å². The molecule has 2 fully saturated rings. The van der Waals surface area contributed by atoms with E-state index in [9.17, 15) is 24.0 Å². The van der Waals surface area contributed by atoms with Crippen molar-refractivity contribution in [2.75, 3.05) is 13.1 Å². The van der Waals surface area contributed by atoms with Crippen molar-refractivity contribution in [3.8, 4) is 0 Å². The Hall–Kier alpha value is -2.45. The van der Waals surface area contributed by atoms with E-state index in [1.54, 1.807) is 6.92 Å². The number of nitrogens with zero attached hydrogens (tertiary/aromatic N) is 2. The lowest BCUT2D eigenvalue weighted by molar-refractivity contribution is -0.138. The first-order valence-corrected chi connectivity index (χ1v) is 10.2. The molecule has 0 aromatic heterocycles. The number of rotatable bonds is 8. The average molecular weight is 408 g/mol. The van der Waals surface area contributed by atoms with Crippen LogP contribution in [-0.4, -0.2) is 70.4 Å². The van der Waals surface area contributed by atoms with Crippen LogP contribution in [-0.2, 0) is 24.0 Å². The lowest BCUT2D eigenvalue weighted by Crippen LogP contribution is -2.51. The molecule has 9 nitrogen and oxygen atoms in total. The van der Waals surface area contributed by atoms with Gasteiger partial charge in [-0.3, -0.25) is 24.0 Å². The molecule has 2 heterocycles. The molecule has 4 unspecified atom stereocenters. The van der Waals surface area contributed by atoms with Crippen LogP contribution in [0.2, 0.25) is 0 Å². The van der Waals surface area contributed by atoms with Crippen LogP contribution < -0.4 is 11.1 Å². The number of hydrogen-bond donors (Lipinski definition) is 2. The van der Waals surface area contributed by atoms with E-state index in [0.717, 1.165) is 0 Å². The summed E-state index contributed by atoms with van der Waals surface area (Å²) < 4.78 is 0.